The molecule has 0 saturated heterocycles. The van der Waals surface area contributed by atoms with E-state index in [0.29, 0.717) is 0 Å². The lowest BCUT2D eigenvalue weighted by molar-refractivity contribution is -0.890. The Morgan fingerprint density at radius 1 is 0.410 bits per heavy atom. The highest BCUT2D eigenvalue weighted by atomic mass is 35.5. The van der Waals surface area contributed by atoms with Crippen molar-refractivity contribution in [1.29, 1.82) is 0 Å². The molecule has 0 fully saturated rings. The Balaban J connectivity index is 0. The molecule has 5 heteroatoms. The second kappa shape index (κ2) is 29.6. The van der Waals surface area contributed by atoms with Gasteiger partial charge in [-0.25, -0.2) is 0 Å². The smallest absolute Gasteiger partial charge is 0.282 e. The van der Waals surface area contributed by atoms with E-state index in [9.17, 15) is 0 Å². The lowest BCUT2D eigenvalue weighted by Crippen LogP contribution is -3.00. The molecule has 0 aromatic carbocycles. The third-order valence-electron chi connectivity index (χ3n) is 8.55. The predicted molar refractivity (Wildman–Crippen MR) is 167 cm³/mol. The van der Waals surface area contributed by atoms with Crippen LogP contribution in [0.3, 0.4) is 0 Å². The molecule has 238 valence electrons. The van der Waals surface area contributed by atoms with Gasteiger partial charge in [0, 0.05) is 27.8 Å². The van der Waals surface area contributed by atoms with E-state index < -0.39 is 5.97 Å². The van der Waals surface area contributed by atoms with Crippen molar-refractivity contribution in [1.82, 2.24) is 0 Å². The average Bonchev–Trinajstić information content (AvgIpc) is 2.92. The van der Waals surface area contributed by atoms with E-state index in [2.05, 4.69) is 21.0 Å². The molecule has 0 heterocycles. The molecular weight excluding hydrogens is 506 g/mol. The minimum atomic E-state index is -0.848. The lowest BCUT2D eigenvalue weighted by Gasteiger charge is -2.30. The summed E-state index contributed by atoms with van der Waals surface area (Å²) in [5, 5.41) is 0. The molecule has 0 aromatic heterocycles. The first-order chi connectivity index (χ1) is 18.4. The summed E-state index contributed by atoms with van der Waals surface area (Å²) in [6.45, 7) is 5.01. The van der Waals surface area contributed by atoms with Crippen molar-refractivity contribution in [2.75, 3.05) is 48.5 Å². The number of rotatable bonds is 31. The van der Waals surface area contributed by atoms with Crippen molar-refractivity contribution < 1.29 is 31.1 Å². The monoisotopic (exact) mass is 578 g/mol. The number of halogens is 1. The fraction of sp³-hybridized carbons (Fsp3) is 1.00. The summed E-state index contributed by atoms with van der Waals surface area (Å²) in [6.07, 6.45) is 34.5. The molecule has 0 aliphatic carbocycles. The Morgan fingerprint density at radius 3 is 0.949 bits per heavy atom. The van der Waals surface area contributed by atoms with E-state index in [4.69, 9.17) is 14.2 Å². The van der Waals surface area contributed by atoms with Gasteiger partial charge in [0.2, 0.25) is 0 Å². The molecule has 4 nitrogen and oxygen atoms in total. The summed E-state index contributed by atoms with van der Waals surface area (Å²) < 4.78 is 17.3. The number of methoxy groups -OCH3 is 3. The van der Waals surface area contributed by atoms with Crippen molar-refractivity contribution in [3.63, 3.8) is 0 Å². The van der Waals surface area contributed by atoms with Gasteiger partial charge in [-0.05, 0) is 32.1 Å². The van der Waals surface area contributed by atoms with Crippen molar-refractivity contribution in [2.24, 2.45) is 0 Å². The van der Waals surface area contributed by atoms with Crippen LogP contribution < -0.4 is 12.4 Å². The summed E-state index contributed by atoms with van der Waals surface area (Å²) in [5.41, 5.74) is 0. The molecule has 0 aliphatic rings. The minimum Gasteiger partial charge on any atom is -1.00 e. The normalized spacial score (nSPS) is 12.2. The van der Waals surface area contributed by atoms with Gasteiger partial charge in [-0.1, -0.05) is 129 Å². The topological polar surface area (TPSA) is 27.7 Å². The van der Waals surface area contributed by atoms with Gasteiger partial charge in [-0.15, -0.1) is 0 Å². The summed E-state index contributed by atoms with van der Waals surface area (Å²) in [7, 11) is 9.83. The molecule has 0 rings (SSSR count). The number of quaternary nitrogens is 1. The number of hydrogen-bond donors (Lipinski definition) is 0. The Kier molecular flexibility index (Phi) is 31.3. The highest BCUT2D eigenvalue weighted by Crippen LogP contribution is 2.21. The zero-order valence-corrected chi connectivity index (χ0v) is 28.4. The van der Waals surface area contributed by atoms with Crippen LogP contribution in [0.25, 0.3) is 0 Å². The maximum absolute atomic E-state index is 5.36. The Bertz CT molecular complexity index is 463. The maximum atomic E-state index is 5.36. The molecule has 0 amide bonds. The average molecular weight is 578 g/mol. The number of unbranched alkanes of at least 4 members (excludes halogenated alkanes) is 22. The molecular formula is C34H72ClNO3. The van der Waals surface area contributed by atoms with Crippen LogP contribution in [0.2, 0.25) is 0 Å². The number of ether oxygens (including phenoxy) is 3. The van der Waals surface area contributed by atoms with Gasteiger partial charge < -0.3 is 31.1 Å². The first kappa shape index (κ1) is 41.3. The van der Waals surface area contributed by atoms with E-state index in [-0.39, 0.29) is 12.4 Å². The van der Waals surface area contributed by atoms with Crippen LogP contribution in [0, 0.1) is 0 Å². The van der Waals surface area contributed by atoms with Crippen molar-refractivity contribution in [2.45, 2.75) is 173 Å². The quantitative estimate of drug-likeness (QED) is 0.0487. The van der Waals surface area contributed by atoms with Gasteiger partial charge in [0.15, 0.2) is 0 Å². The van der Waals surface area contributed by atoms with Crippen molar-refractivity contribution >= 4 is 0 Å². The van der Waals surface area contributed by atoms with Crippen LogP contribution in [0.4, 0.5) is 0 Å². The van der Waals surface area contributed by atoms with Crippen LogP contribution in [-0.2, 0) is 14.2 Å². The predicted octanol–water partition coefficient (Wildman–Crippen LogP) is 7.43. The van der Waals surface area contributed by atoms with E-state index in [1.54, 1.807) is 21.3 Å². The van der Waals surface area contributed by atoms with Gasteiger partial charge >= 0.3 is 0 Å². The lowest BCUT2D eigenvalue weighted by atomic mass is 10.0. The molecule has 0 bridgehead atoms. The molecule has 0 aromatic rings. The van der Waals surface area contributed by atoms with Crippen LogP contribution >= 0.6 is 0 Å². The van der Waals surface area contributed by atoms with Gasteiger partial charge in [0.1, 0.15) is 0 Å². The first-order valence-corrected chi connectivity index (χ1v) is 16.9. The van der Waals surface area contributed by atoms with E-state index in [1.807, 2.05) is 0 Å². The molecule has 39 heavy (non-hydrogen) atoms. The summed E-state index contributed by atoms with van der Waals surface area (Å²) in [5.74, 6) is -0.848. The second-order valence-corrected chi connectivity index (χ2v) is 12.6. The standard InChI is InChI=1S/C34H72NO3.ClH/c1-7-8-9-10-11-12-13-14-15-17-20-23-26-29-32-35(2,3)33-30-27-24-21-18-16-19-22-25-28-31-34(36-4,37-5)38-6;/h7-33H2,1-6H3;1H/q+1;/p-1. The first-order valence-electron chi connectivity index (χ1n) is 16.9. The molecule has 0 aliphatic heterocycles. The number of hydrogen-bond acceptors (Lipinski definition) is 3. The van der Waals surface area contributed by atoms with E-state index >= 15 is 0 Å². The highest BCUT2D eigenvalue weighted by molar-refractivity contribution is 4.57. The molecule has 0 atom stereocenters. The highest BCUT2D eigenvalue weighted by Gasteiger charge is 2.28. The van der Waals surface area contributed by atoms with Crippen LogP contribution in [0.5, 0.6) is 0 Å². The summed E-state index contributed by atoms with van der Waals surface area (Å²) in [6, 6.07) is 0. The van der Waals surface area contributed by atoms with Crippen molar-refractivity contribution in [3.8, 4) is 0 Å². The Morgan fingerprint density at radius 2 is 0.667 bits per heavy atom. The van der Waals surface area contributed by atoms with Gasteiger partial charge in [-0.2, -0.15) is 0 Å². The Labute approximate surface area is 252 Å². The molecule has 0 saturated carbocycles. The fourth-order valence-corrected chi connectivity index (χ4v) is 5.70. The molecule has 0 unspecified atom stereocenters. The van der Waals surface area contributed by atoms with Crippen LogP contribution in [0.1, 0.15) is 167 Å². The van der Waals surface area contributed by atoms with Gasteiger partial charge in [-0.3, -0.25) is 0 Å². The van der Waals surface area contributed by atoms with Gasteiger partial charge in [0.25, 0.3) is 5.97 Å². The summed E-state index contributed by atoms with van der Waals surface area (Å²) in [4.78, 5) is 0. The summed E-state index contributed by atoms with van der Waals surface area (Å²) >= 11 is 0. The van der Waals surface area contributed by atoms with Crippen molar-refractivity contribution in [3.05, 3.63) is 0 Å². The van der Waals surface area contributed by atoms with Crippen LogP contribution in [0.15, 0.2) is 0 Å². The zero-order chi connectivity index (χ0) is 28.2. The van der Waals surface area contributed by atoms with Crippen LogP contribution in [-0.4, -0.2) is 59.0 Å². The third-order valence-corrected chi connectivity index (χ3v) is 8.55. The molecule has 0 radical (unpaired) electrons. The minimum absolute atomic E-state index is 0. The third kappa shape index (κ3) is 26.8. The molecule has 0 spiro atoms. The fourth-order valence-electron chi connectivity index (χ4n) is 5.70. The largest absolute Gasteiger partial charge is 1.00 e. The van der Waals surface area contributed by atoms with E-state index in [0.717, 1.165) is 12.8 Å². The maximum Gasteiger partial charge on any atom is 0.282 e. The van der Waals surface area contributed by atoms with Gasteiger partial charge in [0.05, 0.1) is 27.2 Å². The van der Waals surface area contributed by atoms with E-state index in [1.165, 1.54) is 165 Å². The Hall–Kier alpha value is 0.130. The number of nitrogens with zero attached hydrogens (tertiary/aromatic N) is 1. The zero-order valence-electron chi connectivity index (χ0n) is 27.6. The molecule has 0 N–H and O–H groups in total. The SMILES string of the molecule is CCCCCCCCCCCCCCCC[N+](C)(C)CCCCCCCCCCCCC(OC)(OC)OC.[Cl-]. The second-order valence-electron chi connectivity index (χ2n) is 12.6.